The zero-order valence-electron chi connectivity index (χ0n) is 17.8. The fourth-order valence-corrected chi connectivity index (χ4v) is 5.32. The van der Waals surface area contributed by atoms with Gasteiger partial charge < -0.3 is 0 Å². The van der Waals surface area contributed by atoms with Crippen LogP contribution in [-0.2, 0) is 0 Å². The number of hydrogen-bond acceptors (Lipinski definition) is 1. The SMILES string of the molecule is C=C([C@H]1CC[C@H](CC/C=C/C=C/C#N)CC1)[C@H]1CC[C@H](c2ccc(F)c(F)c2)CC1. The second kappa shape index (κ2) is 11.3. The van der Waals surface area contributed by atoms with Gasteiger partial charge >= 0.3 is 0 Å². The van der Waals surface area contributed by atoms with Crippen molar-refractivity contribution in [2.24, 2.45) is 17.8 Å². The predicted molar refractivity (Wildman–Crippen MR) is 119 cm³/mol. The first-order chi connectivity index (χ1) is 14.6. The minimum Gasteiger partial charge on any atom is -0.204 e. The van der Waals surface area contributed by atoms with Crippen LogP contribution in [0.25, 0.3) is 0 Å². The van der Waals surface area contributed by atoms with Gasteiger partial charge in [-0.25, -0.2) is 8.78 Å². The van der Waals surface area contributed by atoms with Crippen LogP contribution >= 0.6 is 0 Å². The minimum absolute atomic E-state index is 0.343. The van der Waals surface area contributed by atoms with E-state index in [0.29, 0.717) is 17.8 Å². The molecule has 0 aliphatic heterocycles. The maximum atomic E-state index is 13.6. The molecule has 2 saturated carbocycles. The molecule has 0 heterocycles. The monoisotopic (exact) mass is 409 g/mol. The molecule has 2 fully saturated rings. The molecule has 0 atom stereocenters. The molecule has 1 nitrogen and oxygen atoms in total. The number of rotatable bonds is 7. The van der Waals surface area contributed by atoms with Crippen LogP contribution in [0.15, 0.2) is 54.7 Å². The molecule has 0 bridgehead atoms. The van der Waals surface area contributed by atoms with E-state index in [1.54, 1.807) is 12.1 Å². The van der Waals surface area contributed by atoms with Crippen molar-refractivity contribution in [2.45, 2.75) is 70.1 Å². The highest BCUT2D eigenvalue weighted by Crippen LogP contribution is 2.44. The highest BCUT2D eigenvalue weighted by atomic mass is 19.2. The normalized spacial score (nSPS) is 27.4. The maximum Gasteiger partial charge on any atom is 0.159 e. The van der Waals surface area contributed by atoms with Gasteiger partial charge in [0.2, 0.25) is 0 Å². The first-order valence-electron chi connectivity index (χ1n) is 11.4. The van der Waals surface area contributed by atoms with E-state index in [4.69, 9.17) is 5.26 Å². The van der Waals surface area contributed by atoms with E-state index in [2.05, 4.69) is 12.7 Å². The molecule has 0 radical (unpaired) electrons. The van der Waals surface area contributed by atoms with Crippen molar-refractivity contribution in [1.82, 2.24) is 0 Å². The molecule has 1 aromatic carbocycles. The lowest BCUT2D eigenvalue weighted by atomic mass is 9.69. The summed E-state index contributed by atoms with van der Waals surface area (Å²) in [6.07, 6.45) is 19.1. The molecule has 1 aromatic rings. The Labute approximate surface area is 180 Å². The highest BCUT2D eigenvalue weighted by molar-refractivity contribution is 5.23. The standard InChI is InChI=1S/C27H33F2N/c1-20(22-10-8-21(9-11-22)7-5-3-2-4-6-18-30)23-12-14-24(15-13-23)25-16-17-26(28)27(29)19-25/h2-4,6,16-17,19,21-24H,1,5,7-15H2/b3-2+,6-4+/t21-,22-,23-,24-. The predicted octanol–water partition coefficient (Wildman–Crippen LogP) is 8.02. The van der Waals surface area contributed by atoms with Crippen LogP contribution in [0.2, 0.25) is 0 Å². The third kappa shape index (κ3) is 6.14. The summed E-state index contributed by atoms with van der Waals surface area (Å²) in [5, 5.41) is 8.47. The first-order valence-corrected chi connectivity index (χ1v) is 11.4. The molecule has 160 valence electrons. The van der Waals surface area contributed by atoms with Crippen molar-refractivity contribution in [3.63, 3.8) is 0 Å². The zero-order valence-corrected chi connectivity index (χ0v) is 17.8. The minimum atomic E-state index is -0.761. The van der Waals surface area contributed by atoms with Gasteiger partial charge in [-0.2, -0.15) is 5.26 Å². The molecule has 2 aliphatic rings. The van der Waals surface area contributed by atoms with Crippen LogP contribution in [0.1, 0.15) is 75.7 Å². The Morgan fingerprint density at radius 1 is 0.967 bits per heavy atom. The summed E-state index contributed by atoms with van der Waals surface area (Å²) >= 11 is 0. The highest BCUT2D eigenvalue weighted by Gasteiger charge is 2.30. The number of halogens is 2. The number of nitriles is 1. The number of benzene rings is 1. The third-order valence-electron chi connectivity index (χ3n) is 7.20. The zero-order chi connectivity index (χ0) is 21.3. The topological polar surface area (TPSA) is 23.8 Å². The van der Waals surface area contributed by atoms with Gasteiger partial charge in [-0.1, -0.05) is 36.4 Å². The molecule has 0 saturated heterocycles. The molecule has 0 spiro atoms. The molecule has 2 aliphatic carbocycles. The third-order valence-corrected chi connectivity index (χ3v) is 7.20. The van der Waals surface area contributed by atoms with Crippen molar-refractivity contribution in [1.29, 1.82) is 5.26 Å². The second-order valence-electron chi connectivity index (χ2n) is 9.01. The van der Waals surface area contributed by atoms with E-state index >= 15 is 0 Å². The summed E-state index contributed by atoms with van der Waals surface area (Å²) in [4.78, 5) is 0. The average Bonchev–Trinajstić information content (AvgIpc) is 2.78. The Morgan fingerprint density at radius 3 is 2.27 bits per heavy atom. The van der Waals surface area contributed by atoms with Crippen molar-refractivity contribution in [3.8, 4) is 6.07 Å². The van der Waals surface area contributed by atoms with E-state index in [0.717, 1.165) is 43.6 Å². The quantitative estimate of drug-likeness (QED) is 0.254. The van der Waals surface area contributed by atoms with Crippen LogP contribution in [0.3, 0.4) is 0 Å². The molecule has 0 amide bonds. The number of allylic oxidation sites excluding steroid dienone is 5. The van der Waals surface area contributed by atoms with E-state index in [1.807, 2.05) is 12.1 Å². The van der Waals surface area contributed by atoms with E-state index in [1.165, 1.54) is 55.9 Å². The van der Waals surface area contributed by atoms with Crippen molar-refractivity contribution in [2.75, 3.05) is 0 Å². The average molecular weight is 410 g/mol. The van der Waals surface area contributed by atoms with Gasteiger partial charge in [-0.3, -0.25) is 0 Å². The maximum absolute atomic E-state index is 13.6. The molecule has 0 N–H and O–H groups in total. The molecule has 0 aromatic heterocycles. The summed E-state index contributed by atoms with van der Waals surface area (Å²) in [7, 11) is 0. The van der Waals surface area contributed by atoms with Gasteiger partial charge in [0, 0.05) is 6.08 Å². The largest absolute Gasteiger partial charge is 0.204 e. The first kappa shape index (κ1) is 22.5. The molecular formula is C27H33F2N. The van der Waals surface area contributed by atoms with Gasteiger partial charge in [0.05, 0.1) is 6.07 Å². The van der Waals surface area contributed by atoms with Gasteiger partial charge in [0.15, 0.2) is 11.6 Å². The van der Waals surface area contributed by atoms with Gasteiger partial charge in [0.25, 0.3) is 0 Å². The summed E-state index contributed by atoms with van der Waals surface area (Å²) in [5.74, 6) is 0.898. The molecule has 30 heavy (non-hydrogen) atoms. The summed E-state index contributed by atoms with van der Waals surface area (Å²) in [6.45, 7) is 4.50. The lowest BCUT2D eigenvalue weighted by molar-refractivity contribution is 0.260. The van der Waals surface area contributed by atoms with Crippen molar-refractivity contribution in [3.05, 3.63) is 71.9 Å². The smallest absolute Gasteiger partial charge is 0.159 e. The van der Waals surface area contributed by atoms with Crippen LogP contribution in [-0.4, -0.2) is 0 Å². The van der Waals surface area contributed by atoms with Gasteiger partial charge in [-0.05, 0) is 106 Å². The fourth-order valence-electron chi connectivity index (χ4n) is 5.32. The van der Waals surface area contributed by atoms with Crippen LogP contribution in [0.4, 0.5) is 8.78 Å². The summed E-state index contributed by atoms with van der Waals surface area (Å²) in [5.41, 5.74) is 2.38. The van der Waals surface area contributed by atoms with Gasteiger partial charge in [-0.15, -0.1) is 0 Å². The lowest BCUT2D eigenvalue weighted by Gasteiger charge is -2.36. The second-order valence-corrected chi connectivity index (χ2v) is 9.01. The molecule has 3 heteroatoms. The van der Waals surface area contributed by atoms with Gasteiger partial charge in [0.1, 0.15) is 0 Å². The summed E-state index contributed by atoms with van der Waals surface area (Å²) in [6, 6.07) is 6.38. The Balaban J connectivity index is 1.40. The Kier molecular flexibility index (Phi) is 8.43. The molecular weight excluding hydrogens is 376 g/mol. The molecule has 0 unspecified atom stereocenters. The van der Waals surface area contributed by atoms with Crippen molar-refractivity contribution >= 4 is 0 Å². The number of hydrogen-bond donors (Lipinski definition) is 0. The Hall–Kier alpha value is -2.21. The van der Waals surface area contributed by atoms with Crippen LogP contribution in [0.5, 0.6) is 0 Å². The number of nitrogens with zero attached hydrogens (tertiary/aromatic N) is 1. The lowest BCUT2D eigenvalue weighted by Crippen LogP contribution is -2.22. The summed E-state index contributed by atoms with van der Waals surface area (Å²) < 4.78 is 26.7. The Morgan fingerprint density at radius 2 is 1.63 bits per heavy atom. The fraction of sp³-hybridized carbons (Fsp3) is 0.519. The molecule has 3 rings (SSSR count). The van der Waals surface area contributed by atoms with Crippen molar-refractivity contribution < 1.29 is 8.78 Å². The van der Waals surface area contributed by atoms with E-state index in [-0.39, 0.29) is 0 Å². The van der Waals surface area contributed by atoms with E-state index < -0.39 is 11.6 Å². The Bertz CT molecular complexity index is 801. The van der Waals surface area contributed by atoms with Crippen LogP contribution < -0.4 is 0 Å². The van der Waals surface area contributed by atoms with Crippen LogP contribution in [0, 0.1) is 40.7 Å². The van der Waals surface area contributed by atoms with E-state index in [9.17, 15) is 8.78 Å².